The second-order valence-corrected chi connectivity index (χ2v) is 2.45. The minimum atomic E-state index is 0.833. The fourth-order valence-corrected chi connectivity index (χ4v) is 1.18. The summed E-state index contributed by atoms with van der Waals surface area (Å²) in [5, 5.41) is 0.833. The van der Waals surface area contributed by atoms with Gasteiger partial charge in [0.15, 0.2) is 0 Å². The zero-order chi connectivity index (χ0) is 6.69. The molecule has 0 N–H and O–H groups in total. The molecule has 0 unspecified atom stereocenters. The summed E-state index contributed by atoms with van der Waals surface area (Å²) in [6.07, 6.45) is 3.64. The SMILES string of the molecule is C=C/C=c1/scnc1=C. The minimum absolute atomic E-state index is 0.833. The van der Waals surface area contributed by atoms with Crippen LogP contribution in [0.3, 0.4) is 0 Å². The average Bonchev–Trinajstić information content (AvgIpc) is 2.18. The largest absolute Gasteiger partial charge is 0.245 e. The molecule has 2 heteroatoms. The van der Waals surface area contributed by atoms with E-state index in [2.05, 4.69) is 18.1 Å². The maximum absolute atomic E-state index is 3.96. The Balaban J connectivity index is 3.39. The molecule has 9 heavy (non-hydrogen) atoms. The van der Waals surface area contributed by atoms with Crippen molar-refractivity contribution < 1.29 is 0 Å². The molecule has 1 rings (SSSR count). The Labute approximate surface area is 57.7 Å². The Morgan fingerprint density at radius 3 is 2.89 bits per heavy atom. The van der Waals surface area contributed by atoms with E-state index >= 15 is 0 Å². The summed E-state index contributed by atoms with van der Waals surface area (Å²) >= 11 is 1.57. The first kappa shape index (κ1) is 6.23. The number of thiazole rings is 1. The fraction of sp³-hybridized carbons (Fsp3) is 0. The van der Waals surface area contributed by atoms with Gasteiger partial charge in [0.2, 0.25) is 0 Å². The highest BCUT2D eigenvalue weighted by Gasteiger charge is 1.79. The molecule has 1 heterocycles. The number of aromatic nitrogens is 1. The molecule has 0 atom stereocenters. The summed E-state index contributed by atoms with van der Waals surface area (Å²) in [5.74, 6) is 0. The standard InChI is InChI=1S/C7H7NS/c1-3-4-7-6(2)8-5-9-7/h3-5H,1-2H2/b7-4+. The van der Waals surface area contributed by atoms with Crippen LogP contribution in [0.5, 0.6) is 0 Å². The monoisotopic (exact) mass is 137 g/mol. The van der Waals surface area contributed by atoms with Gasteiger partial charge >= 0.3 is 0 Å². The third kappa shape index (κ3) is 1.27. The maximum Gasteiger partial charge on any atom is 0.0805 e. The topological polar surface area (TPSA) is 12.9 Å². The van der Waals surface area contributed by atoms with Crippen molar-refractivity contribution in [3.05, 3.63) is 28.0 Å². The number of rotatable bonds is 1. The molecule has 0 aliphatic carbocycles. The third-order valence-electron chi connectivity index (χ3n) is 0.942. The Kier molecular flexibility index (Phi) is 1.80. The summed E-state index contributed by atoms with van der Waals surface area (Å²) in [7, 11) is 0. The highest BCUT2D eigenvalue weighted by molar-refractivity contribution is 7.07. The molecule has 0 aliphatic rings. The van der Waals surface area contributed by atoms with Gasteiger partial charge in [0.05, 0.1) is 15.4 Å². The molecule has 0 spiro atoms. The van der Waals surface area contributed by atoms with Gasteiger partial charge in [-0.3, -0.25) is 0 Å². The first-order valence-corrected chi connectivity index (χ1v) is 3.44. The molecule has 1 aromatic heterocycles. The van der Waals surface area contributed by atoms with Crippen LogP contribution < -0.4 is 9.88 Å². The van der Waals surface area contributed by atoms with E-state index in [1.807, 2.05) is 6.08 Å². The van der Waals surface area contributed by atoms with Gasteiger partial charge in [0.1, 0.15) is 0 Å². The predicted octanol–water partition coefficient (Wildman–Crippen LogP) is 0.520. The first-order valence-electron chi connectivity index (χ1n) is 2.56. The highest BCUT2D eigenvalue weighted by atomic mass is 32.1. The summed E-state index contributed by atoms with van der Waals surface area (Å²) in [4.78, 5) is 3.96. The van der Waals surface area contributed by atoms with Crippen LogP contribution >= 0.6 is 11.3 Å². The smallest absolute Gasteiger partial charge is 0.0805 e. The molecule has 0 bridgehead atoms. The second-order valence-electron chi connectivity index (χ2n) is 1.57. The molecular weight excluding hydrogens is 130 g/mol. The summed E-state index contributed by atoms with van der Waals surface area (Å²) in [5.41, 5.74) is 1.78. The molecule has 0 radical (unpaired) electrons. The van der Waals surface area contributed by atoms with Crippen LogP contribution in [0, 0.1) is 0 Å². The van der Waals surface area contributed by atoms with E-state index in [1.165, 1.54) is 0 Å². The van der Waals surface area contributed by atoms with Crippen LogP contribution in [-0.2, 0) is 0 Å². The van der Waals surface area contributed by atoms with E-state index in [9.17, 15) is 0 Å². The van der Waals surface area contributed by atoms with E-state index in [0.717, 1.165) is 9.88 Å². The van der Waals surface area contributed by atoms with Gasteiger partial charge in [0.25, 0.3) is 0 Å². The van der Waals surface area contributed by atoms with E-state index in [1.54, 1.807) is 22.9 Å². The molecule has 0 amide bonds. The molecule has 1 nitrogen and oxygen atoms in total. The molecular formula is C7H7NS. The quantitative estimate of drug-likeness (QED) is 0.550. The zero-order valence-corrected chi connectivity index (χ0v) is 5.82. The number of allylic oxidation sites excluding steroid dienone is 1. The lowest BCUT2D eigenvalue weighted by Gasteiger charge is -1.67. The first-order chi connectivity index (χ1) is 4.34. The summed E-state index contributed by atoms with van der Waals surface area (Å²) in [6, 6.07) is 0. The van der Waals surface area contributed by atoms with E-state index in [0.29, 0.717) is 0 Å². The van der Waals surface area contributed by atoms with Crippen LogP contribution in [0.25, 0.3) is 12.7 Å². The molecule has 0 fully saturated rings. The summed E-state index contributed by atoms with van der Waals surface area (Å²) in [6.45, 7) is 7.29. The van der Waals surface area contributed by atoms with Crippen molar-refractivity contribution in [3.8, 4) is 0 Å². The minimum Gasteiger partial charge on any atom is -0.245 e. The van der Waals surface area contributed by atoms with Crippen molar-refractivity contribution >= 4 is 24.0 Å². The van der Waals surface area contributed by atoms with E-state index in [-0.39, 0.29) is 0 Å². The Morgan fingerprint density at radius 1 is 1.67 bits per heavy atom. The van der Waals surface area contributed by atoms with Crippen LogP contribution in [0.4, 0.5) is 0 Å². The van der Waals surface area contributed by atoms with Crippen molar-refractivity contribution in [2.24, 2.45) is 0 Å². The van der Waals surface area contributed by atoms with Crippen molar-refractivity contribution in [2.45, 2.75) is 0 Å². The van der Waals surface area contributed by atoms with E-state index < -0.39 is 0 Å². The number of nitrogens with zero attached hydrogens (tertiary/aromatic N) is 1. The predicted molar refractivity (Wildman–Crippen MR) is 41.5 cm³/mol. The Hall–Kier alpha value is -0.890. The van der Waals surface area contributed by atoms with Gasteiger partial charge in [-0.15, -0.1) is 11.3 Å². The lowest BCUT2D eigenvalue weighted by molar-refractivity contribution is 1.33. The number of hydrogen-bond donors (Lipinski definition) is 0. The number of hydrogen-bond acceptors (Lipinski definition) is 2. The molecule has 46 valence electrons. The molecule has 0 saturated heterocycles. The highest BCUT2D eigenvalue weighted by Crippen LogP contribution is 1.75. The van der Waals surface area contributed by atoms with Crippen molar-refractivity contribution in [1.29, 1.82) is 0 Å². The van der Waals surface area contributed by atoms with Gasteiger partial charge in [-0.05, 0) is 6.08 Å². The van der Waals surface area contributed by atoms with Gasteiger partial charge in [-0.25, -0.2) is 4.98 Å². The van der Waals surface area contributed by atoms with Crippen LogP contribution in [-0.4, -0.2) is 4.98 Å². The van der Waals surface area contributed by atoms with Crippen molar-refractivity contribution in [2.75, 3.05) is 0 Å². The van der Waals surface area contributed by atoms with Crippen LogP contribution in [0.1, 0.15) is 0 Å². The van der Waals surface area contributed by atoms with Gasteiger partial charge in [-0.2, -0.15) is 0 Å². The van der Waals surface area contributed by atoms with Crippen LogP contribution in [0.15, 0.2) is 18.2 Å². The molecule has 0 aromatic carbocycles. The van der Waals surface area contributed by atoms with Gasteiger partial charge in [-0.1, -0.05) is 19.2 Å². The molecule has 0 saturated carbocycles. The summed E-state index contributed by atoms with van der Waals surface area (Å²) < 4.78 is 1.09. The molecule has 1 aromatic rings. The van der Waals surface area contributed by atoms with Gasteiger partial charge < -0.3 is 0 Å². The lowest BCUT2D eigenvalue weighted by atomic mass is 10.5. The van der Waals surface area contributed by atoms with Crippen molar-refractivity contribution in [3.63, 3.8) is 0 Å². The van der Waals surface area contributed by atoms with E-state index in [4.69, 9.17) is 0 Å². The Bertz CT molecular complexity index is 297. The van der Waals surface area contributed by atoms with Crippen LogP contribution in [0.2, 0.25) is 0 Å². The average molecular weight is 137 g/mol. The Morgan fingerprint density at radius 2 is 2.44 bits per heavy atom. The normalized spacial score (nSPS) is 11.8. The second kappa shape index (κ2) is 2.60. The maximum atomic E-state index is 3.96. The zero-order valence-electron chi connectivity index (χ0n) is 5.00. The third-order valence-corrected chi connectivity index (χ3v) is 1.78. The van der Waals surface area contributed by atoms with Gasteiger partial charge in [0, 0.05) is 0 Å². The van der Waals surface area contributed by atoms with Crippen molar-refractivity contribution in [1.82, 2.24) is 4.98 Å². The lowest BCUT2D eigenvalue weighted by Crippen LogP contribution is -2.17. The fourth-order valence-electron chi connectivity index (χ4n) is 0.521. The molecule has 0 aliphatic heterocycles.